The van der Waals surface area contributed by atoms with Crippen molar-refractivity contribution in [2.75, 3.05) is 0 Å². The van der Waals surface area contributed by atoms with E-state index in [0.717, 1.165) is 12.8 Å². The van der Waals surface area contributed by atoms with Gasteiger partial charge in [0, 0.05) is 6.04 Å². The van der Waals surface area contributed by atoms with E-state index < -0.39 is 0 Å². The largest absolute Gasteiger partial charge is 0.353 e. The van der Waals surface area contributed by atoms with Gasteiger partial charge in [-0.3, -0.25) is 4.79 Å². The minimum atomic E-state index is 0.184. The van der Waals surface area contributed by atoms with Gasteiger partial charge in [-0.1, -0.05) is 18.2 Å². The third-order valence-corrected chi connectivity index (χ3v) is 3.72. The first-order valence-electron chi connectivity index (χ1n) is 6.71. The summed E-state index contributed by atoms with van der Waals surface area (Å²) in [5.41, 5.74) is 4.12. The lowest BCUT2D eigenvalue weighted by Gasteiger charge is -2.16. The lowest BCUT2D eigenvalue weighted by atomic mass is 9.90. The Kier molecular flexibility index (Phi) is 2.87. The zero-order chi connectivity index (χ0) is 11.7. The highest BCUT2D eigenvalue weighted by Crippen LogP contribution is 2.23. The van der Waals surface area contributed by atoms with Gasteiger partial charge in [0.1, 0.15) is 0 Å². The summed E-state index contributed by atoms with van der Waals surface area (Å²) in [4.78, 5) is 11.7. The summed E-state index contributed by atoms with van der Waals surface area (Å²) in [6.45, 7) is 0. The van der Waals surface area contributed by atoms with Crippen molar-refractivity contribution >= 4 is 5.91 Å². The summed E-state index contributed by atoms with van der Waals surface area (Å²) in [6.07, 6.45) is 7.88. The number of carbonyl (C=O) groups is 1. The highest BCUT2D eigenvalue weighted by Gasteiger charge is 2.23. The van der Waals surface area contributed by atoms with Crippen LogP contribution in [0.5, 0.6) is 0 Å². The van der Waals surface area contributed by atoms with Crippen LogP contribution in [0.1, 0.15) is 42.4 Å². The predicted molar refractivity (Wildman–Crippen MR) is 68.0 cm³/mol. The quantitative estimate of drug-likeness (QED) is 0.847. The molecule has 3 rings (SSSR count). The molecule has 17 heavy (non-hydrogen) atoms. The van der Waals surface area contributed by atoms with E-state index in [4.69, 9.17) is 0 Å². The molecule has 2 heteroatoms. The average Bonchev–Trinajstić information content (AvgIpc) is 3.12. The van der Waals surface area contributed by atoms with Gasteiger partial charge in [-0.15, -0.1) is 0 Å². The second-order valence-corrected chi connectivity index (χ2v) is 5.33. The molecule has 2 nitrogen and oxygen atoms in total. The van der Waals surface area contributed by atoms with Crippen molar-refractivity contribution in [3.8, 4) is 0 Å². The number of nitrogens with one attached hydrogen (secondary N) is 1. The Morgan fingerprint density at radius 2 is 1.94 bits per heavy atom. The highest BCUT2D eigenvalue weighted by atomic mass is 16.1. The van der Waals surface area contributed by atoms with Gasteiger partial charge in [0.2, 0.25) is 5.91 Å². The summed E-state index contributed by atoms with van der Waals surface area (Å²) >= 11 is 0. The number of benzene rings is 1. The Balaban J connectivity index is 1.67. The molecule has 0 aliphatic heterocycles. The van der Waals surface area contributed by atoms with E-state index in [1.54, 1.807) is 0 Å². The molecule has 0 aromatic heterocycles. The molecule has 0 spiro atoms. The Hall–Kier alpha value is -1.31. The zero-order valence-corrected chi connectivity index (χ0v) is 10.2. The summed E-state index contributed by atoms with van der Waals surface area (Å²) < 4.78 is 0. The second-order valence-electron chi connectivity index (χ2n) is 5.33. The Morgan fingerprint density at radius 3 is 2.71 bits per heavy atom. The number of amides is 1. The minimum Gasteiger partial charge on any atom is -0.353 e. The van der Waals surface area contributed by atoms with Crippen molar-refractivity contribution < 1.29 is 4.79 Å². The van der Waals surface area contributed by atoms with Crippen LogP contribution in [-0.2, 0) is 24.1 Å². The van der Waals surface area contributed by atoms with Crippen LogP contribution < -0.4 is 5.32 Å². The summed E-state index contributed by atoms with van der Waals surface area (Å²) in [5.74, 6) is 0.184. The van der Waals surface area contributed by atoms with Gasteiger partial charge < -0.3 is 5.32 Å². The molecule has 2 aliphatic carbocycles. The summed E-state index contributed by atoms with van der Waals surface area (Å²) in [7, 11) is 0. The van der Waals surface area contributed by atoms with Gasteiger partial charge in [0.05, 0.1) is 6.42 Å². The first kappa shape index (κ1) is 10.8. The molecule has 0 atom stereocenters. The lowest BCUT2D eigenvalue weighted by molar-refractivity contribution is -0.120. The normalized spacial score (nSPS) is 18.6. The molecular formula is C15H19NO. The van der Waals surface area contributed by atoms with Gasteiger partial charge in [0.15, 0.2) is 0 Å². The maximum atomic E-state index is 11.7. The van der Waals surface area contributed by atoms with E-state index in [1.165, 1.54) is 42.4 Å². The van der Waals surface area contributed by atoms with Gasteiger partial charge in [-0.25, -0.2) is 0 Å². The maximum absolute atomic E-state index is 11.7. The zero-order valence-electron chi connectivity index (χ0n) is 10.2. The van der Waals surface area contributed by atoms with E-state index in [1.807, 2.05) is 0 Å². The predicted octanol–water partition coefficient (Wildman–Crippen LogP) is 2.39. The fourth-order valence-corrected chi connectivity index (χ4v) is 2.59. The summed E-state index contributed by atoms with van der Waals surface area (Å²) in [6, 6.07) is 7.05. The number of carbonyl (C=O) groups excluding carboxylic acids is 1. The molecule has 1 aromatic rings. The van der Waals surface area contributed by atoms with Crippen LogP contribution in [0.3, 0.4) is 0 Å². The molecule has 0 heterocycles. The molecule has 0 saturated heterocycles. The number of rotatable bonds is 3. The first-order valence-corrected chi connectivity index (χ1v) is 6.71. The maximum Gasteiger partial charge on any atom is 0.224 e. The molecule has 1 amide bonds. The van der Waals surface area contributed by atoms with Crippen LogP contribution in [0, 0.1) is 0 Å². The molecule has 0 bridgehead atoms. The van der Waals surface area contributed by atoms with Crippen molar-refractivity contribution in [2.24, 2.45) is 0 Å². The van der Waals surface area contributed by atoms with Crippen LogP contribution in [0.4, 0.5) is 0 Å². The SMILES string of the molecule is O=C(Cc1ccc2c(c1)CCCC2)NC1CC1. The van der Waals surface area contributed by atoms with E-state index in [-0.39, 0.29) is 5.91 Å². The Labute approximate surface area is 102 Å². The number of hydrogen-bond acceptors (Lipinski definition) is 1. The molecular weight excluding hydrogens is 210 g/mol. The van der Waals surface area contributed by atoms with E-state index in [2.05, 4.69) is 23.5 Å². The van der Waals surface area contributed by atoms with Crippen molar-refractivity contribution in [2.45, 2.75) is 51.0 Å². The first-order chi connectivity index (χ1) is 8.31. The number of hydrogen-bond donors (Lipinski definition) is 1. The minimum absolute atomic E-state index is 0.184. The average molecular weight is 229 g/mol. The van der Waals surface area contributed by atoms with Crippen LogP contribution >= 0.6 is 0 Å². The highest BCUT2D eigenvalue weighted by molar-refractivity contribution is 5.79. The van der Waals surface area contributed by atoms with Crippen LogP contribution in [0.2, 0.25) is 0 Å². The topological polar surface area (TPSA) is 29.1 Å². The molecule has 1 N–H and O–H groups in total. The molecule has 0 unspecified atom stereocenters. The second kappa shape index (κ2) is 4.52. The van der Waals surface area contributed by atoms with E-state index in [0.29, 0.717) is 12.5 Å². The molecule has 1 aromatic carbocycles. The molecule has 1 fully saturated rings. The van der Waals surface area contributed by atoms with Crippen LogP contribution in [0.15, 0.2) is 18.2 Å². The fourth-order valence-electron chi connectivity index (χ4n) is 2.59. The van der Waals surface area contributed by atoms with Crippen molar-refractivity contribution in [1.82, 2.24) is 5.32 Å². The summed E-state index contributed by atoms with van der Waals surface area (Å²) in [5, 5.41) is 3.04. The van der Waals surface area contributed by atoms with Gasteiger partial charge >= 0.3 is 0 Å². The monoisotopic (exact) mass is 229 g/mol. The smallest absolute Gasteiger partial charge is 0.224 e. The van der Waals surface area contributed by atoms with Crippen molar-refractivity contribution in [1.29, 1.82) is 0 Å². The molecule has 1 saturated carbocycles. The molecule has 2 aliphatic rings. The Morgan fingerprint density at radius 1 is 1.18 bits per heavy atom. The molecule has 90 valence electrons. The van der Waals surface area contributed by atoms with Gasteiger partial charge in [-0.2, -0.15) is 0 Å². The van der Waals surface area contributed by atoms with Gasteiger partial charge in [-0.05, 0) is 55.2 Å². The fraction of sp³-hybridized carbons (Fsp3) is 0.533. The van der Waals surface area contributed by atoms with Crippen molar-refractivity contribution in [3.05, 3.63) is 34.9 Å². The Bertz CT molecular complexity index is 435. The van der Waals surface area contributed by atoms with Gasteiger partial charge in [0.25, 0.3) is 0 Å². The standard InChI is InChI=1S/C15H19NO/c17-15(16-14-7-8-14)10-11-5-6-12-3-1-2-4-13(12)9-11/h5-6,9,14H,1-4,7-8,10H2,(H,16,17). The lowest BCUT2D eigenvalue weighted by Crippen LogP contribution is -2.27. The molecule has 0 radical (unpaired) electrons. The third kappa shape index (κ3) is 2.68. The van der Waals surface area contributed by atoms with Crippen molar-refractivity contribution in [3.63, 3.8) is 0 Å². The van der Waals surface area contributed by atoms with E-state index >= 15 is 0 Å². The number of fused-ring (bicyclic) bond motifs is 1. The van der Waals surface area contributed by atoms with Crippen LogP contribution in [-0.4, -0.2) is 11.9 Å². The number of aryl methyl sites for hydroxylation is 2. The van der Waals surface area contributed by atoms with E-state index in [9.17, 15) is 4.79 Å². The third-order valence-electron chi connectivity index (χ3n) is 3.72. The van der Waals surface area contributed by atoms with Crippen LogP contribution in [0.25, 0.3) is 0 Å².